The van der Waals surface area contributed by atoms with Crippen molar-refractivity contribution < 1.29 is 4.79 Å². The number of aromatic nitrogens is 3. The number of imidazole rings is 1. The van der Waals surface area contributed by atoms with Crippen LogP contribution in [0.4, 0.5) is 5.82 Å². The first-order valence-corrected chi connectivity index (χ1v) is 12.0. The zero-order valence-electron chi connectivity index (χ0n) is 19.7. The lowest BCUT2D eigenvalue weighted by Crippen LogP contribution is -2.46. The summed E-state index contributed by atoms with van der Waals surface area (Å²) in [7, 11) is 0. The number of aryl methyl sites for hydroxylation is 2. The second-order valence-electron chi connectivity index (χ2n) is 8.55. The first-order chi connectivity index (χ1) is 16.1. The number of fused-ring (bicyclic) bond motifs is 1. The summed E-state index contributed by atoms with van der Waals surface area (Å²) in [6, 6.07) is 11.8. The van der Waals surface area contributed by atoms with Gasteiger partial charge in [0.2, 0.25) is 5.91 Å². The minimum absolute atomic E-state index is 0.0505. The number of nitrogens with one attached hydrogen (secondary N) is 1. The summed E-state index contributed by atoms with van der Waals surface area (Å²) in [4.78, 5) is 34.7. The number of rotatable bonds is 9. The van der Waals surface area contributed by atoms with E-state index in [0.717, 1.165) is 61.6 Å². The quantitative estimate of drug-likeness (QED) is 0.542. The molecule has 0 bridgehead atoms. The van der Waals surface area contributed by atoms with Crippen LogP contribution in [0.2, 0.25) is 0 Å². The van der Waals surface area contributed by atoms with E-state index in [-0.39, 0.29) is 18.0 Å². The predicted octanol–water partition coefficient (Wildman–Crippen LogP) is 2.46. The lowest BCUT2D eigenvalue weighted by molar-refractivity contribution is -0.121. The third-order valence-electron chi connectivity index (χ3n) is 6.38. The van der Waals surface area contributed by atoms with Crippen molar-refractivity contribution in [2.45, 2.75) is 46.3 Å². The Balaban J connectivity index is 1.31. The number of carbonyl (C=O) groups is 1. The van der Waals surface area contributed by atoms with Crippen LogP contribution in [0.1, 0.15) is 32.3 Å². The highest BCUT2D eigenvalue weighted by molar-refractivity contribution is 5.78. The molecule has 2 aromatic heterocycles. The van der Waals surface area contributed by atoms with Crippen molar-refractivity contribution in [3.8, 4) is 0 Å². The van der Waals surface area contributed by atoms with E-state index in [4.69, 9.17) is 0 Å². The minimum atomic E-state index is -0.0750. The molecule has 3 heterocycles. The Hall–Kier alpha value is -3.13. The summed E-state index contributed by atoms with van der Waals surface area (Å²) in [5, 5.41) is 2.96. The Bertz CT molecular complexity index is 1130. The monoisotopic (exact) mass is 450 g/mol. The lowest BCUT2D eigenvalue weighted by atomic mass is 10.2. The summed E-state index contributed by atoms with van der Waals surface area (Å²) >= 11 is 0. The predicted molar refractivity (Wildman–Crippen MR) is 132 cm³/mol. The van der Waals surface area contributed by atoms with E-state index in [2.05, 4.69) is 33.9 Å². The zero-order chi connectivity index (χ0) is 23.2. The average molecular weight is 451 g/mol. The molecule has 1 amide bonds. The van der Waals surface area contributed by atoms with Gasteiger partial charge in [0.15, 0.2) is 0 Å². The van der Waals surface area contributed by atoms with Crippen molar-refractivity contribution in [3.63, 3.8) is 0 Å². The first kappa shape index (κ1) is 23.0. The van der Waals surface area contributed by atoms with Crippen LogP contribution in [0.5, 0.6) is 0 Å². The van der Waals surface area contributed by atoms with Crippen molar-refractivity contribution in [1.29, 1.82) is 0 Å². The summed E-state index contributed by atoms with van der Waals surface area (Å²) in [6.07, 6.45) is 2.98. The van der Waals surface area contributed by atoms with Crippen LogP contribution in [-0.2, 0) is 24.4 Å². The second kappa shape index (κ2) is 10.7. The number of nitrogens with zero attached hydrogens (tertiary/aromatic N) is 5. The van der Waals surface area contributed by atoms with E-state index < -0.39 is 0 Å². The molecular weight excluding hydrogens is 416 g/mol. The van der Waals surface area contributed by atoms with E-state index in [9.17, 15) is 9.59 Å². The van der Waals surface area contributed by atoms with Crippen molar-refractivity contribution >= 4 is 22.8 Å². The third-order valence-corrected chi connectivity index (χ3v) is 6.38. The Labute approximate surface area is 194 Å². The molecule has 0 saturated carbocycles. The molecule has 3 aromatic rings. The summed E-state index contributed by atoms with van der Waals surface area (Å²) < 4.78 is 3.50. The van der Waals surface area contributed by atoms with Crippen molar-refractivity contribution in [2.75, 3.05) is 37.6 Å². The molecular formula is C25H34N6O2. The topological polar surface area (TPSA) is 75.4 Å². The molecule has 0 atom stereocenters. The van der Waals surface area contributed by atoms with Crippen LogP contribution in [0.3, 0.4) is 0 Å². The maximum Gasteiger partial charge on any atom is 0.329 e. The number of amides is 1. The van der Waals surface area contributed by atoms with Gasteiger partial charge >= 0.3 is 5.69 Å². The molecule has 0 spiro atoms. The van der Waals surface area contributed by atoms with Gasteiger partial charge < -0.3 is 15.1 Å². The highest BCUT2D eigenvalue weighted by Gasteiger charge is 2.17. The number of carbonyl (C=O) groups excluding carboxylic acids is 1. The standard InChI is InChI=1S/C25H34N6O2/c1-3-12-30-21-7-5-6-8-22(21)31(25(30)33)13-11-24(32)27-19-20-9-10-23(26-18-20)29-16-14-28(4-2)15-17-29/h5-10,18H,3-4,11-17,19H2,1-2H3,(H,27,32). The van der Waals surface area contributed by atoms with Crippen molar-refractivity contribution in [3.05, 3.63) is 58.6 Å². The summed E-state index contributed by atoms with van der Waals surface area (Å²) in [5.41, 5.74) is 2.72. The second-order valence-corrected chi connectivity index (χ2v) is 8.55. The zero-order valence-corrected chi connectivity index (χ0v) is 19.7. The maximum absolute atomic E-state index is 12.8. The molecule has 1 saturated heterocycles. The SMILES string of the molecule is CCCn1c(=O)n(CCC(=O)NCc2ccc(N3CCN(CC)CC3)nc2)c2ccccc21. The molecule has 8 heteroatoms. The number of pyridine rings is 1. The van der Waals surface area contributed by atoms with Crippen LogP contribution in [0, 0.1) is 0 Å². The van der Waals surface area contributed by atoms with Crippen molar-refractivity contribution in [2.24, 2.45) is 0 Å². The highest BCUT2D eigenvalue weighted by Crippen LogP contribution is 2.15. The highest BCUT2D eigenvalue weighted by atomic mass is 16.2. The van der Waals surface area contributed by atoms with E-state index in [0.29, 0.717) is 19.6 Å². The number of hydrogen-bond donors (Lipinski definition) is 1. The molecule has 33 heavy (non-hydrogen) atoms. The fraction of sp³-hybridized carbons (Fsp3) is 0.480. The van der Waals surface area contributed by atoms with E-state index >= 15 is 0 Å². The Morgan fingerprint density at radius 1 is 0.970 bits per heavy atom. The molecule has 4 rings (SSSR count). The molecule has 176 valence electrons. The Morgan fingerprint density at radius 3 is 2.27 bits per heavy atom. The van der Waals surface area contributed by atoms with Crippen LogP contribution < -0.4 is 15.9 Å². The molecule has 1 fully saturated rings. The summed E-state index contributed by atoms with van der Waals surface area (Å²) in [6.45, 7) is 10.9. The number of para-hydroxylation sites is 2. The minimum Gasteiger partial charge on any atom is -0.354 e. The van der Waals surface area contributed by atoms with Crippen LogP contribution in [0.25, 0.3) is 11.0 Å². The molecule has 1 aliphatic rings. The molecule has 8 nitrogen and oxygen atoms in total. The van der Waals surface area contributed by atoms with Gasteiger partial charge in [-0.05, 0) is 36.7 Å². The number of anilines is 1. The Kier molecular flexibility index (Phi) is 7.44. The van der Waals surface area contributed by atoms with Gasteiger partial charge in [-0.3, -0.25) is 13.9 Å². The van der Waals surface area contributed by atoms with Gasteiger partial charge in [-0.15, -0.1) is 0 Å². The van der Waals surface area contributed by atoms with Gasteiger partial charge in [-0.1, -0.05) is 32.0 Å². The fourth-order valence-electron chi connectivity index (χ4n) is 4.43. The van der Waals surface area contributed by atoms with Gasteiger partial charge in [-0.2, -0.15) is 0 Å². The number of hydrogen-bond acceptors (Lipinski definition) is 5. The molecule has 0 unspecified atom stereocenters. The normalized spacial score (nSPS) is 14.7. The summed E-state index contributed by atoms with van der Waals surface area (Å²) in [5.74, 6) is 0.915. The average Bonchev–Trinajstić information content (AvgIpc) is 3.12. The third kappa shape index (κ3) is 5.27. The maximum atomic E-state index is 12.8. The van der Waals surface area contributed by atoms with E-state index in [1.165, 1.54) is 0 Å². The van der Waals surface area contributed by atoms with Gasteiger partial charge in [0.25, 0.3) is 0 Å². The first-order valence-electron chi connectivity index (χ1n) is 12.0. The van der Waals surface area contributed by atoms with Crippen LogP contribution in [0.15, 0.2) is 47.4 Å². The van der Waals surface area contributed by atoms with Crippen molar-refractivity contribution in [1.82, 2.24) is 24.3 Å². The smallest absolute Gasteiger partial charge is 0.329 e. The number of piperazine rings is 1. The van der Waals surface area contributed by atoms with E-state index in [1.807, 2.05) is 42.6 Å². The molecule has 0 radical (unpaired) electrons. The number of benzene rings is 1. The molecule has 1 aliphatic heterocycles. The van der Waals surface area contributed by atoms with Gasteiger partial charge in [0.1, 0.15) is 5.82 Å². The largest absolute Gasteiger partial charge is 0.354 e. The Morgan fingerprint density at radius 2 is 1.67 bits per heavy atom. The van der Waals surface area contributed by atoms with E-state index in [1.54, 1.807) is 9.13 Å². The lowest BCUT2D eigenvalue weighted by Gasteiger charge is -2.34. The van der Waals surface area contributed by atoms with Crippen LogP contribution in [-0.4, -0.2) is 57.6 Å². The fourth-order valence-corrected chi connectivity index (χ4v) is 4.43. The van der Waals surface area contributed by atoms with Gasteiger partial charge in [-0.25, -0.2) is 9.78 Å². The molecule has 1 N–H and O–H groups in total. The van der Waals surface area contributed by atoms with Gasteiger partial charge in [0.05, 0.1) is 11.0 Å². The number of likely N-dealkylation sites (N-methyl/N-ethyl adjacent to an activating group) is 1. The van der Waals surface area contributed by atoms with Crippen LogP contribution >= 0.6 is 0 Å². The molecule has 1 aromatic carbocycles. The van der Waals surface area contributed by atoms with Gasteiger partial charge in [0, 0.05) is 58.4 Å². The molecule has 0 aliphatic carbocycles.